The molecule has 0 unspecified atom stereocenters. The Balaban J connectivity index is 1.62. The molecule has 0 aromatic heterocycles. The van der Waals surface area contributed by atoms with E-state index in [1.807, 2.05) is 0 Å². The van der Waals surface area contributed by atoms with Gasteiger partial charge in [0.15, 0.2) is 0 Å². The molecular weight excluding hydrogens is 277 g/mol. The van der Waals surface area contributed by atoms with Gasteiger partial charge in [-0.3, -0.25) is 4.84 Å². The Morgan fingerprint density at radius 3 is 2.55 bits per heavy atom. The average Bonchev–Trinajstić information content (AvgIpc) is 2.88. The summed E-state index contributed by atoms with van der Waals surface area (Å²) >= 11 is 0. The molecule has 20 heavy (non-hydrogen) atoms. The van der Waals surface area contributed by atoms with Crippen molar-refractivity contribution >= 4 is 6.09 Å². The number of carbonyl (C=O) groups is 1. The van der Waals surface area contributed by atoms with Crippen molar-refractivity contribution in [3.8, 4) is 0 Å². The van der Waals surface area contributed by atoms with Crippen molar-refractivity contribution < 1.29 is 27.5 Å². The molecule has 1 saturated heterocycles. The molecule has 2 rings (SSSR count). The summed E-state index contributed by atoms with van der Waals surface area (Å²) in [4.78, 5) is 16.3. The summed E-state index contributed by atoms with van der Waals surface area (Å²) < 4.78 is 42.6. The van der Waals surface area contributed by atoms with E-state index in [0.29, 0.717) is 32.5 Å². The van der Waals surface area contributed by atoms with Gasteiger partial charge in [-0.1, -0.05) is 0 Å². The van der Waals surface area contributed by atoms with Gasteiger partial charge in [0.2, 0.25) is 0 Å². The molecule has 1 aliphatic carbocycles. The molecule has 0 aromatic carbocycles. The van der Waals surface area contributed by atoms with Gasteiger partial charge in [-0.25, -0.2) is 4.79 Å². The third kappa shape index (κ3) is 4.52. The predicted octanol–water partition coefficient (Wildman–Crippen LogP) is 1.98. The van der Waals surface area contributed by atoms with Crippen molar-refractivity contribution in [3.63, 3.8) is 0 Å². The lowest BCUT2D eigenvalue weighted by Crippen LogP contribution is -2.36. The third-order valence-electron chi connectivity index (χ3n) is 3.80. The van der Waals surface area contributed by atoms with Crippen LogP contribution in [0, 0.1) is 11.8 Å². The fraction of sp³-hybridized carbons (Fsp3) is 0.917. The molecule has 1 atom stereocenters. The van der Waals surface area contributed by atoms with Crippen LogP contribution >= 0.6 is 0 Å². The highest BCUT2D eigenvalue weighted by atomic mass is 19.4. The minimum Gasteiger partial charge on any atom is -0.442 e. The van der Waals surface area contributed by atoms with Crippen LogP contribution in [0.5, 0.6) is 0 Å². The van der Waals surface area contributed by atoms with E-state index in [0.717, 1.165) is 0 Å². The summed E-state index contributed by atoms with van der Waals surface area (Å²) in [6.07, 6.45) is -3.68. The summed E-state index contributed by atoms with van der Waals surface area (Å²) in [5.74, 6) is -1.09. The van der Waals surface area contributed by atoms with Gasteiger partial charge in [0.1, 0.15) is 12.7 Å². The molecule has 116 valence electrons. The van der Waals surface area contributed by atoms with Gasteiger partial charge in [-0.2, -0.15) is 18.7 Å². The van der Waals surface area contributed by atoms with E-state index in [2.05, 4.69) is 10.8 Å². The minimum atomic E-state index is -4.09. The molecule has 0 spiro atoms. The van der Waals surface area contributed by atoms with E-state index in [1.54, 1.807) is 0 Å². The van der Waals surface area contributed by atoms with Crippen molar-refractivity contribution in [2.24, 2.45) is 11.8 Å². The normalized spacial score (nSPS) is 31.1. The quantitative estimate of drug-likeness (QED) is 0.836. The van der Waals surface area contributed by atoms with E-state index in [1.165, 1.54) is 0 Å². The molecule has 1 aliphatic heterocycles. The number of alkyl halides is 3. The van der Waals surface area contributed by atoms with Crippen LogP contribution in [0.1, 0.15) is 25.7 Å². The topological polar surface area (TPSA) is 59.6 Å². The molecule has 5 nitrogen and oxygen atoms in total. The Morgan fingerprint density at radius 1 is 1.30 bits per heavy atom. The lowest BCUT2D eigenvalue weighted by Gasteiger charge is -2.29. The summed E-state index contributed by atoms with van der Waals surface area (Å²) in [6.45, 7) is 1.12. The fourth-order valence-electron chi connectivity index (χ4n) is 2.55. The highest BCUT2D eigenvalue weighted by Gasteiger charge is 2.41. The number of hydrogen-bond donors (Lipinski definition) is 2. The maximum atomic E-state index is 12.5. The number of ether oxygens (including phenoxy) is 1. The van der Waals surface area contributed by atoms with Crippen LogP contribution < -0.4 is 10.8 Å². The van der Waals surface area contributed by atoms with Crippen molar-refractivity contribution in [2.45, 2.75) is 38.0 Å². The number of hydrogen-bond acceptors (Lipinski definition) is 4. The van der Waals surface area contributed by atoms with Crippen molar-refractivity contribution in [1.29, 1.82) is 0 Å². The molecule has 1 amide bonds. The van der Waals surface area contributed by atoms with Gasteiger partial charge < -0.3 is 10.1 Å². The Labute approximate surface area is 115 Å². The Morgan fingerprint density at radius 2 is 2.00 bits per heavy atom. The number of nitrogens with one attached hydrogen (secondary N) is 2. The first-order valence-electron chi connectivity index (χ1n) is 6.81. The average molecular weight is 296 g/mol. The maximum absolute atomic E-state index is 12.5. The molecule has 2 N–H and O–H groups in total. The molecule has 0 radical (unpaired) electrons. The van der Waals surface area contributed by atoms with Crippen LogP contribution in [0.25, 0.3) is 0 Å². The van der Waals surface area contributed by atoms with Crippen molar-refractivity contribution in [3.05, 3.63) is 0 Å². The number of alkyl carbamates (subject to hydrolysis) is 1. The van der Waals surface area contributed by atoms with Crippen molar-refractivity contribution in [1.82, 2.24) is 10.8 Å². The van der Waals surface area contributed by atoms with Crippen molar-refractivity contribution in [2.75, 3.05) is 19.7 Å². The third-order valence-corrected chi connectivity index (χ3v) is 3.80. The maximum Gasteiger partial charge on any atom is 0.407 e. The number of hydroxylamine groups is 1. The van der Waals surface area contributed by atoms with Crippen LogP contribution in [-0.4, -0.2) is 38.1 Å². The second-order valence-electron chi connectivity index (χ2n) is 5.33. The molecule has 2 fully saturated rings. The zero-order valence-corrected chi connectivity index (χ0v) is 11.0. The predicted molar refractivity (Wildman–Crippen MR) is 63.7 cm³/mol. The van der Waals surface area contributed by atoms with Crippen LogP contribution in [0.3, 0.4) is 0 Å². The lowest BCUT2D eigenvalue weighted by molar-refractivity contribution is -0.183. The second-order valence-corrected chi connectivity index (χ2v) is 5.33. The molecule has 0 bridgehead atoms. The molecule has 2 aliphatic rings. The number of carbonyl (C=O) groups excluding carboxylic acids is 1. The lowest BCUT2D eigenvalue weighted by atomic mass is 9.81. The monoisotopic (exact) mass is 296 g/mol. The van der Waals surface area contributed by atoms with E-state index in [9.17, 15) is 18.0 Å². The van der Waals surface area contributed by atoms with Crippen LogP contribution in [0.2, 0.25) is 0 Å². The number of halogens is 3. The number of amides is 1. The van der Waals surface area contributed by atoms with Crippen LogP contribution in [-0.2, 0) is 9.57 Å². The first-order valence-corrected chi connectivity index (χ1v) is 6.81. The standard InChI is InChI=1S/C12H19F3N2O3/c13-12(14,15)9-3-1-8(2-4-9)5-16-11(18)20-10-6-17-19-7-10/h8-10,17H,1-7H2,(H,16,18)/t8?,9?,10-/m0/s1. The molecular formula is C12H19F3N2O3. The molecule has 1 heterocycles. The highest BCUT2D eigenvalue weighted by molar-refractivity contribution is 5.67. The minimum absolute atomic E-state index is 0.0964. The summed E-state index contributed by atoms with van der Waals surface area (Å²) in [5, 5.41) is 2.61. The fourth-order valence-corrected chi connectivity index (χ4v) is 2.55. The first kappa shape index (κ1) is 15.4. The summed E-state index contributed by atoms with van der Waals surface area (Å²) in [5.41, 5.74) is 2.59. The second kappa shape index (κ2) is 6.62. The van der Waals surface area contributed by atoms with Gasteiger partial charge in [-0.15, -0.1) is 0 Å². The number of rotatable bonds is 3. The van der Waals surface area contributed by atoms with Crippen LogP contribution in [0.15, 0.2) is 0 Å². The summed E-state index contributed by atoms with van der Waals surface area (Å²) in [7, 11) is 0. The van der Waals surface area contributed by atoms with Gasteiger partial charge >= 0.3 is 12.3 Å². The van der Waals surface area contributed by atoms with Gasteiger partial charge in [0, 0.05) is 6.54 Å². The van der Waals surface area contributed by atoms with E-state index in [-0.39, 0.29) is 24.9 Å². The zero-order chi connectivity index (χ0) is 14.6. The molecule has 0 aromatic rings. The largest absolute Gasteiger partial charge is 0.442 e. The SMILES string of the molecule is O=C(NCC1CCC(C(F)(F)F)CC1)O[C@H]1CNOC1. The van der Waals surface area contributed by atoms with Gasteiger partial charge in [0.05, 0.1) is 12.5 Å². The first-order chi connectivity index (χ1) is 9.45. The van der Waals surface area contributed by atoms with E-state index < -0.39 is 18.2 Å². The zero-order valence-electron chi connectivity index (χ0n) is 11.0. The highest BCUT2D eigenvalue weighted by Crippen LogP contribution is 2.39. The molecule has 8 heteroatoms. The Hall–Kier alpha value is -1.02. The van der Waals surface area contributed by atoms with Gasteiger partial charge in [-0.05, 0) is 31.6 Å². The Bertz CT molecular complexity index is 324. The summed E-state index contributed by atoms with van der Waals surface area (Å²) in [6, 6.07) is 0. The van der Waals surface area contributed by atoms with E-state index >= 15 is 0 Å². The van der Waals surface area contributed by atoms with Crippen LogP contribution in [0.4, 0.5) is 18.0 Å². The van der Waals surface area contributed by atoms with E-state index in [4.69, 9.17) is 9.57 Å². The smallest absolute Gasteiger partial charge is 0.407 e. The molecule has 1 saturated carbocycles. The Kier molecular flexibility index (Phi) is 5.09. The van der Waals surface area contributed by atoms with Gasteiger partial charge in [0.25, 0.3) is 0 Å².